The number of hydrogen-bond acceptors (Lipinski definition) is 9. The Hall–Kier alpha value is -3.41. The van der Waals surface area contributed by atoms with Gasteiger partial charge < -0.3 is 20.5 Å². The normalized spacial score (nSPS) is 11.5. The van der Waals surface area contributed by atoms with Crippen LogP contribution in [0.1, 0.15) is 32.2 Å². The van der Waals surface area contributed by atoms with E-state index in [1.54, 1.807) is 40.7 Å². The number of nitrogens with two attached hydrogens (primary N) is 1. The average Bonchev–Trinajstić information content (AvgIpc) is 2.64. The number of amides is 1. The third-order valence-electron chi connectivity index (χ3n) is 3.78. The van der Waals surface area contributed by atoms with Gasteiger partial charge >= 0.3 is 12.1 Å². The zero-order valence-electron chi connectivity index (χ0n) is 18.6. The molecule has 0 atom stereocenters. The maximum absolute atomic E-state index is 13.2. The lowest BCUT2D eigenvalue weighted by molar-refractivity contribution is -0.142. The summed E-state index contributed by atoms with van der Waals surface area (Å²) in [6.45, 7) is 7.17. The molecule has 11 nitrogen and oxygen atoms in total. The van der Waals surface area contributed by atoms with E-state index in [9.17, 15) is 18.0 Å². The van der Waals surface area contributed by atoms with Crippen LogP contribution in [0.25, 0.3) is 0 Å². The molecule has 1 aromatic heterocycles. The van der Waals surface area contributed by atoms with Crippen molar-refractivity contribution < 1.29 is 27.5 Å². The van der Waals surface area contributed by atoms with Crippen molar-refractivity contribution in [2.45, 2.75) is 45.1 Å². The summed E-state index contributed by atoms with van der Waals surface area (Å²) in [7, 11) is -4.19. The van der Waals surface area contributed by atoms with Gasteiger partial charge in [0.15, 0.2) is 6.73 Å². The smallest absolute Gasteiger partial charge is 0.408 e. The van der Waals surface area contributed by atoms with Crippen LogP contribution in [-0.2, 0) is 24.3 Å². The summed E-state index contributed by atoms with van der Waals surface area (Å²) in [6.07, 6.45) is -0.807. The number of benzene rings is 1. The van der Waals surface area contributed by atoms with E-state index < -0.39 is 41.0 Å². The standard InChI is InChI=1S/C20H27N5O6S/c1-13-10-14(2)24-18(23-13)25(32(28,29)16-8-6-15(21)7-9-16)12-30-17(26)11-22-19(27)31-20(3,4)5/h6-10H,11-12,21H2,1-5H3,(H,22,27). The van der Waals surface area contributed by atoms with Crippen LogP contribution in [0.4, 0.5) is 16.4 Å². The van der Waals surface area contributed by atoms with Gasteiger partial charge in [0.25, 0.3) is 10.0 Å². The number of sulfonamides is 1. The number of esters is 1. The highest BCUT2D eigenvalue weighted by Crippen LogP contribution is 2.22. The number of aromatic nitrogens is 2. The number of hydrogen-bond donors (Lipinski definition) is 2. The lowest BCUT2D eigenvalue weighted by Gasteiger charge is -2.23. The number of anilines is 2. The average molecular weight is 466 g/mol. The number of carbonyl (C=O) groups is 2. The van der Waals surface area contributed by atoms with E-state index in [0.717, 1.165) is 4.31 Å². The highest BCUT2D eigenvalue weighted by molar-refractivity contribution is 7.92. The summed E-state index contributed by atoms with van der Waals surface area (Å²) in [5, 5.41) is 2.25. The largest absolute Gasteiger partial charge is 0.444 e. The Kier molecular flexibility index (Phi) is 7.62. The van der Waals surface area contributed by atoms with E-state index >= 15 is 0 Å². The van der Waals surface area contributed by atoms with E-state index in [-0.39, 0.29) is 10.8 Å². The first-order valence-corrected chi connectivity index (χ1v) is 11.0. The fraction of sp³-hybridized carbons (Fsp3) is 0.400. The first kappa shape index (κ1) is 24.9. The lowest BCUT2D eigenvalue weighted by atomic mass is 10.2. The van der Waals surface area contributed by atoms with Crippen molar-refractivity contribution in [3.05, 3.63) is 41.7 Å². The Labute approximate surface area is 187 Å². The predicted molar refractivity (Wildman–Crippen MR) is 117 cm³/mol. The molecule has 0 bridgehead atoms. The third kappa shape index (κ3) is 7.08. The molecule has 0 aliphatic carbocycles. The second-order valence-electron chi connectivity index (χ2n) is 7.87. The third-order valence-corrected chi connectivity index (χ3v) is 5.50. The van der Waals surface area contributed by atoms with Crippen LogP contribution in [-0.4, -0.2) is 49.3 Å². The van der Waals surface area contributed by atoms with Gasteiger partial charge in [-0.05, 0) is 65.0 Å². The predicted octanol–water partition coefficient (Wildman–Crippen LogP) is 1.90. The molecule has 0 unspecified atom stereocenters. The molecule has 0 spiro atoms. The molecule has 1 aromatic carbocycles. The van der Waals surface area contributed by atoms with Crippen molar-refractivity contribution >= 4 is 33.7 Å². The molecule has 1 amide bonds. The highest BCUT2D eigenvalue weighted by Gasteiger charge is 2.29. The molecule has 32 heavy (non-hydrogen) atoms. The molecule has 2 aromatic rings. The molecule has 0 fully saturated rings. The van der Waals surface area contributed by atoms with Gasteiger partial charge in [0.05, 0.1) is 4.90 Å². The molecule has 0 radical (unpaired) electrons. The number of rotatable bonds is 7. The molecule has 2 rings (SSSR count). The lowest BCUT2D eigenvalue weighted by Crippen LogP contribution is -2.39. The molecule has 0 aliphatic heterocycles. The Balaban J connectivity index is 2.21. The summed E-state index contributed by atoms with van der Waals surface area (Å²) >= 11 is 0. The second-order valence-corrected chi connectivity index (χ2v) is 9.74. The molecule has 12 heteroatoms. The SMILES string of the molecule is Cc1cc(C)nc(N(COC(=O)CNC(=O)OC(C)(C)C)S(=O)(=O)c2ccc(N)cc2)n1. The Morgan fingerprint density at radius 3 is 2.19 bits per heavy atom. The molecule has 3 N–H and O–H groups in total. The molecular formula is C20H27N5O6S. The van der Waals surface area contributed by atoms with Gasteiger partial charge in [0.1, 0.15) is 12.1 Å². The van der Waals surface area contributed by atoms with Gasteiger partial charge in [-0.15, -0.1) is 0 Å². The summed E-state index contributed by atoms with van der Waals surface area (Å²) in [6, 6.07) is 7.20. The Morgan fingerprint density at radius 2 is 1.66 bits per heavy atom. The summed E-state index contributed by atoms with van der Waals surface area (Å²) in [4.78, 5) is 32.1. The zero-order chi connectivity index (χ0) is 24.1. The van der Waals surface area contributed by atoms with Crippen LogP contribution in [0.5, 0.6) is 0 Å². The van der Waals surface area contributed by atoms with E-state index in [1.165, 1.54) is 24.3 Å². The summed E-state index contributed by atoms with van der Waals surface area (Å²) in [5.74, 6) is -1.04. The van der Waals surface area contributed by atoms with Gasteiger partial charge in [-0.1, -0.05) is 0 Å². The van der Waals surface area contributed by atoms with E-state index in [1.807, 2.05) is 0 Å². The number of carbonyl (C=O) groups excluding carboxylic acids is 2. The summed E-state index contributed by atoms with van der Waals surface area (Å²) < 4.78 is 37.3. The van der Waals surface area contributed by atoms with Crippen LogP contribution in [0.3, 0.4) is 0 Å². The fourth-order valence-corrected chi connectivity index (χ4v) is 3.68. The van der Waals surface area contributed by atoms with Crippen molar-refractivity contribution in [1.82, 2.24) is 15.3 Å². The van der Waals surface area contributed by atoms with Gasteiger partial charge in [-0.25, -0.2) is 23.2 Å². The Morgan fingerprint density at radius 1 is 1.09 bits per heavy atom. The minimum absolute atomic E-state index is 0.0858. The maximum Gasteiger partial charge on any atom is 0.408 e. The minimum atomic E-state index is -4.19. The second kappa shape index (κ2) is 9.81. The van der Waals surface area contributed by atoms with Gasteiger partial charge in [-0.2, -0.15) is 4.31 Å². The van der Waals surface area contributed by atoms with Crippen molar-refractivity contribution in [3.63, 3.8) is 0 Å². The van der Waals surface area contributed by atoms with E-state index in [0.29, 0.717) is 17.1 Å². The topological polar surface area (TPSA) is 154 Å². The van der Waals surface area contributed by atoms with Crippen LogP contribution >= 0.6 is 0 Å². The van der Waals surface area contributed by atoms with Crippen LogP contribution in [0.2, 0.25) is 0 Å². The van der Waals surface area contributed by atoms with Crippen molar-refractivity contribution in [2.75, 3.05) is 23.3 Å². The Bertz CT molecular complexity index is 1060. The number of nitrogens with one attached hydrogen (secondary N) is 1. The number of ether oxygens (including phenoxy) is 2. The number of nitrogens with zero attached hydrogens (tertiary/aromatic N) is 3. The van der Waals surface area contributed by atoms with Crippen LogP contribution in [0.15, 0.2) is 35.2 Å². The molecule has 0 saturated carbocycles. The number of aryl methyl sites for hydroxylation is 2. The van der Waals surface area contributed by atoms with Crippen molar-refractivity contribution in [1.29, 1.82) is 0 Å². The highest BCUT2D eigenvalue weighted by atomic mass is 32.2. The quantitative estimate of drug-likeness (QED) is 0.354. The molecule has 1 heterocycles. The monoisotopic (exact) mass is 465 g/mol. The van der Waals surface area contributed by atoms with Gasteiger partial charge in [0.2, 0.25) is 5.95 Å². The fourth-order valence-electron chi connectivity index (χ4n) is 2.46. The first-order chi connectivity index (χ1) is 14.8. The van der Waals surface area contributed by atoms with E-state index in [2.05, 4.69) is 15.3 Å². The molecule has 0 saturated heterocycles. The molecule has 0 aliphatic rings. The van der Waals surface area contributed by atoms with Crippen LogP contribution < -0.4 is 15.4 Å². The first-order valence-electron chi connectivity index (χ1n) is 9.61. The maximum atomic E-state index is 13.2. The summed E-state index contributed by atoms with van der Waals surface area (Å²) in [5.41, 5.74) is 6.35. The zero-order valence-corrected chi connectivity index (χ0v) is 19.4. The number of nitrogen functional groups attached to an aromatic ring is 1. The van der Waals surface area contributed by atoms with Gasteiger partial charge in [0, 0.05) is 17.1 Å². The van der Waals surface area contributed by atoms with Crippen LogP contribution in [0, 0.1) is 13.8 Å². The van der Waals surface area contributed by atoms with Crippen molar-refractivity contribution in [3.8, 4) is 0 Å². The van der Waals surface area contributed by atoms with Crippen molar-refractivity contribution in [2.24, 2.45) is 0 Å². The molecule has 174 valence electrons. The number of alkyl carbamates (subject to hydrolysis) is 1. The minimum Gasteiger partial charge on any atom is -0.444 e. The van der Waals surface area contributed by atoms with Gasteiger partial charge in [-0.3, -0.25) is 4.79 Å². The van der Waals surface area contributed by atoms with E-state index in [4.69, 9.17) is 15.2 Å². The molecular weight excluding hydrogens is 438 g/mol.